The lowest BCUT2D eigenvalue weighted by molar-refractivity contribution is 0.187. The second-order valence-electron chi connectivity index (χ2n) is 9.02. The van der Waals surface area contributed by atoms with Gasteiger partial charge in [0.1, 0.15) is 5.75 Å². The zero-order valence-corrected chi connectivity index (χ0v) is 17.4. The van der Waals surface area contributed by atoms with Crippen molar-refractivity contribution in [2.45, 2.75) is 65.5 Å². The highest BCUT2D eigenvalue weighted by Crippen LogP contribution is 2.43. The Bertz CT molecular complexity index is 940. The van der Waals surface area contributed by atoms with Crippen LogP contribution in [-0.4, -0.2) is 15.7 Å². The molecule has 1 fully saturated rings. The van der Waals surface area contributed by atoms with Crippen LogP contribution in [-0.2, 0) is 0 Å². The second kappa shape index (κ2) is 7.50. The number of nitrogens with zero attached hydrogens (tertiary/aromatic N) is 2. The average molecular weight is 378 g/mol. The smallest absolute Gasteiger partial charge is 0.208 e. The summed E-state index contributed by atoms with van der Waals surface area (Å²) in [7, 11) is 0. The highest BCUT2D eigenvalue weighted by Gasteiger charge is 2.31. The monoisotopic (exact) mass is 377 g/mol. The number of fused-ring (bicyclic) bond motifs is 1. The van der Waals surface area contributed by atoms with Gasteiger partial charge in [-0.2, -0.15) is 0 Å². The van der Waals surface area contributed by atoms with Crippen molar-refractivity contribution in [2.75, 3.05) is 5.32 Å². The molecule has 4 nitrogen and oxygen atoms in total. The van der Waals surface area contributed by atoms with Crippen LogP contribution in [0.15, 0.2) is 48.5 Å². The molecule has 4 rings (SSSR count). The lowest BCUT2D eigenvalue weighted by Gasteiger charge is -2.36. The highest BCUT2D eigenvalue weighted by atomic mass is 16.5. The maximum atomic E-state index is 5.76. The summed E-state index contributed by atoms with van der Waals surface area (Å²) in [5, 5.41) is 3.56. The van der Waals surface area contributed by atoms with E-state index in [1.165, 1.54) is 31.2 Å². The first-order valence-corrected chi connectivity index (χ1v) is 10.4. The lowest BCUT2D eigenvalue weighted by atomic mass is 9.75. The van der Waals surface area contributed by atoms with Crippen molar-refractivity contribution in [3.05, 3.63) is 48.5 Å². The zero-order chi connectivity index (χ0) is 19.7. The molecule has 1 aliphatic carbocycles. The number of hydrogen-bond donors (Lipinski definition) is 1. The number of rotatable bonds is 5. The first-order valence-electron chi connectivity index (χ1n) is 10.4. The Morgan fingerprint density at radius 1 is 1.11 bits per heavy atom. The van der Waals surface area contributed by atoms with E-state index in [0.717, 1.165) is 22.9 Å². The van der Waals surface area contributed by atoms with Crippen molar-refractivity contribution in [3.8, 4) is 5.75 Å². The number of aromatic nitrogens is 2. The normalized spacial score (nSPS) is 19.1. The van der Waals surface area contributed by atoms with E-state index in [-0.39, 0.29) is 6.10 Å². The van der Waals surface area contributed by atoms with Crippen LogP contribution in [0.3, 0.4) is 0 Å². The molecule has 1 aliphatic rings. The van der Waals surface area contributed by atoms with Crippen LogP contribution in [0.5, 0.6) is 5.75 Å². The molecule has 0 amide bonds. The van der Waals surface area contributed by atoms with Crippen LogP contribution < -0.4 is 10.1 Å². The van der Waals surface area contributed by atoms with Crippen molar-refractivity contribution in [2.24, 2.45) is 5.41 Å². The molecule has 3 aromatic rings. The minimum absolute atomic E-state index is 0.178. The van der Waals surface area contributed by atoms with Crippen LogP contribution in [0.4, 0.5) is 11.6 Å². The maximum Gasteiger partial charge on any atom is 0.208 e. The van der Waals surface area contributed by atoms with Gasteiger partial charge in [-0.15, -0.1) is 0 Å². The van der Waals surface area contributed by atoms with Gasteiger partial charge in [-0.25, -0.2) is 4.98 Å². The van der Waals surface area contributed by atoms with Crippen molar-refractivity contribution < 1.29 is 4.74 Å². The Morgan fingerprint density at radius 3 is 2.57 bits per heavy atom. The molecule has 1 unspecified atom stereocenters. The summed E-state index contributed by atoms with van der Waals surface area (Å²) in [6, 6.07) is 17.1. The quantitative estimate of drug-likeness (QED) is 0.537. The van der Waals surface area contributed by atoms with E-state index in [1.807, 2.05) is 26.0 Å². The lowest BCUT2D eigenvalue weighted by Crippen LogP contribution is -2.25. The molecular formula is C24H31N3O. The molecule has 148 valence electrons. The van der Waals surface area contributed by atoms with E-state index in [4.69, 9.17) is 9.72 Å². The van der Waals surface area contributed by atoms with Gasteiger partial charge in [0.25, 0.3) is 0 Å². The Balaban J connectivity index is 1.67. The van der Waals surface area contributed by atoms with Crippen LogP contribution in [0.2, 0.25) is 0 Å². The first-order chi connectivity index (χ1) is 13.4. The second-order valence-corrected chi connectivity index (χ2v) is 9.02. The zero-order valence-electron chi connectivity index (χ0n) is 17.4. The highest BCUT2D eigenvalue weighted by molar-refractivity contribution is 5.80. The van der Waals surface area contributed by atoms with Gasteiger partial charge in [-0.3, -0.25) is 0 Å². The van der Waals surface area contributed by atoms with Gasteiger partial charge in [0.2, 0.25) is 5.95 Å². The molecule has 0 bridgehead atoms. The summed E-state index contributed by atoms with van der Waals surface area (Å²) >= 11 is 0. The number of hydrogen-bond acceptors (Lipinski definition) is 3. The standard InChI is InChI=1S/C24H31N3O/c1-17(2)28-20-13-11-18(12-14-20)25-23-26-21-9-5-6-10-22(21)27(23)19-8-7-15-24(3,4)16-19/h5-6,9-14,17,19H,7-8,15-16H2,1-4H3,(H,25,26). The molecule has 1 saturated carbocycles. The summed E-state index contributed by atoms with van der Waals surface area (Å²) in [4.78, 5) is 4.92. The SMILES string of the molecule is CC(C)Oc1ccc(Nc2nc3ccccc3n2C2CCCC(C)(C)C2)cc1. The Morgan fingerprint density at radius 2 is 1.86 bits per heavy atom. The first kappa shape index (κ1) is 18.9. The molecule has 4 heteroatoms. The Labute approximate surface area is 167 Å². The van der Waals surface area contributed by atoms with E-state index in [2.05, 4.69) is 60.1 Å². The van der Waals surface area contributed by atoms with Gasteiger partial charge >= 0.3 is 0 Å². The molecular weight excluding hydrogens is 346 g/mol. The van der Waals surface area contributed by atoms with Gasteiger partial charge in [0, 0.05) is 11.7 Å². The largest absolute Gasteiger partial charge is 0.491 e. The summed E-state index contributed by atoms with van der Waals surface area (Å²) < 4.78 is 8.19. The number of benzene rings is 2. The van der Waals surface area contributed by atoms with Gasteiger partial charge in [0.15, 0.2) is 0 Å². The molecule has 1 aromatic heterocycles. The molecule has 0 radical (unpaired) electrons. The predicted octanol–water partition coefficient (Wildman–Crippen LogP) is 6.71. The van der Waals surface area contributed by atoms with E-state index in [1.54, 1.807) is 0 Å². The molecule has 1 N–H and O–H groups in total. The molecule has 2 aromatic carbocycles. The summed E-state index contributed by atoms with van der Waals surface area (Å²) in [5.74, 6) is 1.82. The van der Waals surface area contributed by atoms with Gasteiger partial charge < -0.3 is 14.6 Å². The van der Waals surface area contributed by atoms with E-state index >= 15 is 0 Å². The predicted molar refractivity (Wildman–Crippen MR) is 117 cm³/mol. The van der Waals surface area contributed by atoms with Crippen LogP contribution >= 0.6 is 0 Å². The third-order valence-electron chi connectivity index (χ3n) is 5.62. The van der Waals surface area contributed by atoms with Gasteiger partial charge in [-0.05, 0) is 74.9 Å². The molecule has 0 saturated heterocycles. The van der Waals surface area contributed by atoms with Crippen molar-refractivity contribution in [3.63, 3.8) is 0 Å². The number of ether oxygens (including phenoxy) is 1. The Kier molecular flexibility index (Phi) is 5.05. The molecule has 28 heavy (non-hydrogen) atoms. The van der Waals surface area contributed by atoms with E-state index in [9.17, 15) is 0 Å². The molecule has 1 heterocycles. The van der Waals surface area contributed by atoms with E-state index < -0.39 is 0 Å². The topological polar surface area (TPSA) is 39.1 Å². The molecule has 0 spiro atoms. The average Bonchev–Trinajstić information content (AvgIpc) is 3.00. The van der Waals surface area contributed by atoms with Crippen molar-refractivity contribution in [1.82, 2.24) is 9.55 Å². The van der Waals surface area contributed by atoms with Gasteiger partial charge in [0.05, 0.1) is 17.1 Å². The third kappa shape index (κ3) is 4.01. The van der Waals surface area contributed by atoms with Crippen LogP contribution in [0.25, 0.3) is 11.0 Å². The summed E-state index contributed by atoms with van der Waals surface area (Å²) in [5.41, 5.74) is 3.67. The minimum Gasteiger partial charge on any atom is -0.491 e. The van der Waals surface area contributed by atoms with Crippen LogP contribution in [0, 0.1) is 5.41 Å². The number of nitrogens with one attached hydrogen (secondary N) is 1. The van der Waals surface area contributed by atoms with E-state index in [0.29, 0.717) is 11.5 Å². The summed E-state index contributed by atoms with van der Waals surface area (Å²) in [6.07, 6.45) is 5.14. The fourth-order valence-electron chi connectivity index (χ4n) is 4.40. The van der Waals surface area contributed by atoms with Crippen molar-refractivity contribution >= 4 is 22.7 Å². The number of anilines is 2. The van der Waals surface area contributed by atoms with Crippen LogP contribution in [0.1, 0.15) is 59.4 Å². The van der Waals surface area contributed by atoms with Crippen molar-refractivity contribution in [1.29, 1.82) is 0 Å². The fourth-order valence-corrected chi connectivity index (χ4v) is 4.40. The molecule has 1 atom stereocenters. The summed E-state index contributed by atoms with van der Waals surface area (Å²) in [6.45, 7) is 8.86. The third-order valence-corrected chi connectivity index (χ3v) is 5.62. The Hall–Kier alpha value is -2.49. The molecule has 0 aliphatic heterocycles. The fraction of sp³-hybridized carbons (Fsp3) is 0.458. The number of para-hydroxylation sites is 2. The number of imidazole rings is 1. The maximum absolute atomic E-state index is 5.76. The van der Waals surface area contributed by atoms with Gasteiger partial charge in [-0.1, -0.05) is 32.4 Å². The minimum atomic E-state index is 0.178.